The van der Waals surface area contributed by atoms with Crippen LogP contribution in [0.1, 0.15) is 10.4 Å². The van der Waals surface area contributed by atoms with Crippen LogP contribution >= 0.6 is 11.3 Å². The first-order valence-corrected chi connectivity index (χ1v) is 5.20. The zero-order valence-corrected chi connectivity index (χ0v) is 8.73. The van der Waals surface area contributed by atoms with Crippen LogP contribution in [0.25, 0.3) is 16.2 Å². The lowest BCUT2D eigenvalue weighted by atomic mass is 10.1. The van der Waals surface area contributed by atoms with Gasteiger partial charge in [-0.15, -0.1) is 11.3 Å². The number of aryl methyl sites for hydroxylation is 1. The quantitative estimate of drug-likeness (QED) is 0.694. The summed E-state index contributed by atoms with van der Waals surface area (Å²) in [6.07, 6.45) is 1.64. The Balaban J connectivity index is 3.00. The van der Waals surface area contributed by atoms with Crippen molar-refractivity contribution in [2.45, 2.75) is 6.92 Å². The molecule has 0 amide bonds. The maximum Gasteiger partial charge on any atom is 0.195 e. The molecule has 0 aliphatic heterocycles. The summed E-state index contributed by atoms with van der Waals surface area (Å²) in [6, 6.07) is 7.67. The van der Waals surface area contributed by atoms with Crippen LogP contribution in [0.2, 0.25) is 0 Å². The molecule has 0 atom stereocenters. The van der Waals surface area contributed by atoms with Crippen molar-refractivity contribution in [3.63, 3.8) is 0 Å². The molecule has 2 rings (SSSR count). The highest BCUT2D eigenvalue weighted by Gasteiger charge is 2.05. The van der Waals surface area contributed by atoms with Gasteiger partial charge in [0.05, 0.1) is 0 Å². The van der Waals surface area contributed by atoms with Crippen molar-refractivity contribution in [1.29, 1.82) is 0 Å². The molecule has 14 heavy (non-hydrogen) atoms. The molecule has 2 heteroatoms. The van der Waals surface area contributed by atoms with Gasteiger partial charge in [-0.2, -0.15) is 0 Å². The molecule has 0 spiro atoms. The fraction of sp³-hybridized carbons (Fsp3) is 0.0833. The van der Waals surface area contributed by atoms with E-state index in [0.717, 1.165) is 20.5 Å². The Morgan fingerprint density at radius 2 is 2.07 bits per heavy atom. The molecular weight excluding hydrogens is 192 g/mol. The Bertz CT molecular complexity index is 552. The number of rotatable bonds is 1. The summed E-state index contributed by atoms with van der Waals surface area (Å²) < 4.78 is 1.04. The first-order valence-electron chi connectivity index (χ1n) is 4.39. The van der Waals surface area contributed by atoms with E-state index >= 15 is 0 Å². The second-order valence-electron chi connectivity index (χ2n) is 3.10. The van der Waals surface area contributed by atoms with Crippen LogP contribution in [0.15, 0.2) is 35.6 Å². The second-order valence-corrected chi connectivity index (χ2v) is 4.36. The van der Waals surface area contributed by atoms with Crippen LogP contribution in [-0.4, -0.2) is 0 Å². The first-order chi connectivity index (χ1) is 6.74. The number of fused-ring (bicyclic) bond motifs is 1. The van der Waals surface area contributed by atoms with Crippen LogP contribution in [0, 0.1) is 6.92 Å². The van der Waals surface area contributed by atoms with Gasteiger partial charge in [0, 0.05) is 20.5 Å². The summed E-state index contributed by atoms with van der Waals surface area (Å²) in [5.41, 5.74) is 0.820. The third-order valence-electron chi connectivity index (χ3n) is 2.22. The molecule has 0 bridgehead atoms. The van der Waals surface area contributed by atoms with E-state index in [1.54, 1.807) is 17.4 Å². The molecule has 70 valence electrons. The van der Waals surface area contributed by atoms with Gasteiger partial charge in [0.2, 0.25) is 0 Å². The van der Waals surface area contributed by atoms with E-state index in [-0.39, 0.29) is 5.43 Å². The summed E-state index contributed by atoms with van der Waals surface area (Å²) in [5, 5.41) is 0.790. The molecule has 1 heterocycles. The van der Waals surface area contributed by atoms with E-state index in [4.69, 9.17) is 0 Å². The van der Waals surface area contributed by atoms with Gasteiger partial charge in [-0.05, 0) is 19.1 Å². The lowest BCUT2D eigenvalue weighted by molar-refractivity contribution is 1.53. The highest BCUT2D eigenvalue weighted by atomic mass is 32.1. The van der Waals surface area contributed by atoms with E-state index in [0.29, 0.717) is 0 Å². The SMILES string of the molecule is C=Cc1c(C)sc2ccccc2c1=O. The molecule has 1 aromatic heterocycles. The molecule has 0 saturated heterocycles. The van der Waals surface area contributed by atoms with Gasteiger partial charge in [0.25, 0.3) is 0 Å². The molecule has 0 radical (unpaired) electrons. The minimum absolute atomic E-state index is 0.0897. The van der Waals surface area contributed by atoms with Crippen LogP contribution < -0.4 is 5.43 Å². The third-order valence-corrected chi connectivity index (χ3v) is 3.32. The monoisotopic (exact) mass is 202 g/mol. The Kier molecular flexibility index (Phi) is 2.22. The summed E-state index contributed by atoms with van der Waals surface area (Å²) in [4.78, 5) is 12.9. The van der Waals surface area contributed by atoms with Gasteiger partial charge in [0.15, 0.2) is 5.43 Å². The highest BCUT2D eigenvalue weighted by molar-refractivity contribution is 7.18. The summed E-state index contributed by atoms with van der Waals surface area (Å²) in [6.45, 7) is 5.62. The van der Waals surface area contributed by atoms with E-state index in [1.165, 1.54) is 0 Å². The predicted molar refractivity (Wildman–Crippen MR) is 62.9 cm³/mol. The molecule has 0 N–H and O–H groups in total. The van der Waals surface area contributed by atoms with Crippen molar-refractivity contribution in [2.24, 2.45) is 0 Å². The molecule has 1 aromatic carbocycles. The number of benzene rings is 1. The molecular formula is C12H10OS. The van der Waals surface area contributed by atoms with Crippen molar-refractivity contribution in [3.05, 3.63) is 51.5 Å². The normalized spacial score (nSPS) is 10.4. The summed E-state index contributed by atoms with van der Waals surface area (Å²) in [5.74, 6) is 0. The minimum Gasteiger partial charge on any atom is -0.289 e. The highest BCUT2D eigenvalue weighted by Crippen LogP contribution is 2.21. The summed E-state index contributed by atoms with van der Waals surface area (Å²) >= 11 is 1.64. The Labute approximate surface area is 86.3 Å². The van der Waals surface area contributed by atoms with Gasteiger partial charge in [-0.25, -0.2) is 0 Å². The van der Waals surface area contributed by atoms with Gasteiger partial charge < -0.3 is 0 Å². The van der Waals surface area contributed by atoms with Gasteiger partial charge in [-0.1, -0.05) is 24.8 Å². The maximum atomic E-state index is 11.9. The maximum absolute atomic E-state index is 11.9. The standard InChI is InChI=1S/C12H10OS/c1-3-9-8(2)14-11-7-5-4-6-10(11)12(9)13/h3-7H,1H2,2H3. The predicted octanol–water partition coefficient (Wildman–Crippen LogP) is 3.21. The van der Waals surface area contributed by atoms with E-state index < -0.39 is 0 Å². The van der Waals surface area contributed by atoms with E-state index in [2.05, 4.69) is 6.58 Å². The van der Waals surface area contributed by atoms with E-state index in [1.807, 2.05) is 31.2 Å². The molecule has 1 nitrogen and oxygen atoms in total. The minimum atomic E-state index is 0.0897. The van der Waals surface area contributed by atoms with Crippen LogP contribution in [0.3, 0.4) is 0 Å². The number of hydrogen-bond donors (Lipinski definition) is 0. The average molecular weight is 202 g/mol. The lowest BCUT2D eigenvalue weighted by Gasteiger charge is -2.01. The molecule has 0 aliphatic rings. The average Bonchev–Trinajstić information content (AvgIpc) is 2.18. The Morgan fingerprint density at radius 3 is 2.79 bits per heavy atom. The van der Waals surface area contributed by atoms with Gasteiger partial charge >= 0.3 is 0 Å². The smallest absolute Gasteiger partial charge is 0.195 e. The fourth-order valence-electron chi connectivity index (χ4n) is 1.50. The van der Waals surface area contributed by atoms with Crippen molar-refractivity contribution < 1.29 is 0 Å². The Hall–Kier alpha value is -1.41. The van der Waals surface area contributed by atoms with Crippen molar-refractivity contribution >= 4 is 27.5 Å². The van der Waals surface area contributed by atoms with Crippen molar-refractivity contribution in [3.8, 4) is 0 Å². The Morgan fingerprint density at radius 1 is 1.36 bits per heavy atom. The van der Waals surface area contributed by atoms with Crippen LogP contribution in [0.4, 0.5) is 0 Å². The van der Waals surface area contributed by atoms with Crippen LogP contribution in [-0.2, 0) is 0 Å². The van der Waals surface area contributed by atoms with Crippen molar-refractivity contribution in [2.75, 3.05) is 0 Å². The summed E-state index contributed by atoms with van der Waals surface area (Å²) in [7, 11) is 0. The van der Waals surface area contributed by atoms with Crippen molar-refractivity contribution in [1.82, 2.24) is 0 Å². The van der Waals surface area contributed by atoms with Gasteiger partial charge in [-0.3, -0.25) is 4.79 Å². The fourth-order valence-corrected chi connectivity index (χ4v) is 2.54. The third kappa shape index (κ3) is 1.28. The molecule has 0 unspecified atom stereocenters. The number of hydrogen-bond acceptors (Lipinski definition) is 2. The molecule has 2 aromatic rings. The zero-order chi connectivity index (χ0) is 10.1. The first kappa shape index (κ1) is 9.16. The largest absolute Gasteiger partial charge is 0.289 e. The molecule has 0 aliphatic carbocycles. The molecule has 0 fully saturated rings. The topological polar surface area (TPSA) is 17.1 Å². The van der Waals surface area contributed by atoms with Gasteiger partial charge in [0.1, 0.15) is 0 Å². The molecule has 0 saturated carbocycles. The second kappa shape index (κ2) is 3.39. The zero-order valence-electron chi connectivity index (χ0n) is 7.91. The van der Waals surface area contributed by atoms with E-state index in [9.17, 15) is 4.79 Å². The lowest BCUT2D eigenvalue weighted by Crippen LogP contribution is -2.05. The van der Waals surface area contributed by atoms with Crippen LogP contribution in [0.5, 0.6) is 0 Å².